The molecule has 0 spiro atoms. The molecule has 2 aromatic heterocycles. The number of halogens is 2. The van der Waals surface area contributed by atoms with Gasteiger partial charge in [-0.3, -0.25) is 9.36 Å². The van der Waals surface area contributed by atoms with Gasteiger partial charge in [0.05, 0.1) is 11.9 Å². The molecule has 0 aliphatic heterocycles. The van der Waals surface area contributed by atoms with Crippen LogP contribution in [0.2, 0.25) is 5.02 Å². The first kappa shape index (κ1) is 18.8. The molecule has 0 aliphatic rings. The van der Waals surface area contributed by atoms with Crippen LogP contribution in [0.4, 0.5) is 4.39 Å². The van der Waals surface area contributed by atoms with Crippen LogP contribution in [-0.4, -0.2) is 9.55 Å². The molecule has 0 fully saturated rings. The molecule has 4 aromatic rings. The lowest BCUT2D eigenvalue weighted by atomic mass is 10.1. The minimum Gasteiger partial charge on any atom is -0.291 e. The van der Waals surface area contributed by atoms with E-state index in [-0.39, 0.29) is 23.8 Å². The van der Waals surface area contributed by atoms with E-state index in [0.717, 1.165) is 16.7 Å². The van der Waals surface area contributed by atoms with E-state index >= 15 is 0 Å². The summed E-state index contributed by atoms with van der Waals surface area (Å²) in [5.41, 5.74) is 2.39. The standard InChI is InChI=1S/C22H18ClFN2OS/c1-13(2)20-25-21-19(18(12-28-21)15-6-8-16(23)9-7-15)22(27)26(20)11-14-4-3-5-17(24)10-14/h3-10,12-13H,11H2,1-2H3. The van der Waals surface area contributed by atoms with E-state index in [0.29, 0.717) is 21.1 Å². The molecule has 28 heavy (non-hydrogen) atoms. The number of nitrogens with zero attached hydrogens (tertiary/aromatic N) is 2. The molecule has 0 saturated heterocycles. The van der Waals surface area contributed by atoms with Gasteiger partial charge < -0.3 is 0 Å². The number of benzene rings is 2. The van der Waals surface area contributed by atoms with Crippen LogP contribution in [0.1, 0.15) is 31.2 Å². The van der Waals surface area contributed by atoms with Crippen molar-refractivity contribution in [3.63, 3.8) is 0 Å². The zero-order chi connectivity index (χ0) is 19.8. The molecule has 6 heteroatoms. The van der Waals surface area contributed by atoms with Gasteiger partial charge in [-0.25, -0.2) is 9.37 Å². The van der Waals surface area contributed by atoms with E-state index < -0.39 is 0 Å². The lowest BCUT2D eigenvalue weighted by Crippen LogP contribution is -2.26. The van der Waals surface area contributed by atoms with E-state index in [1.165, 1.54) is 23.5 Å². The van der Waals surface area contributed by atoms with Crippen LogP contribution in [0.25, 0.3) is 21.3 Å². The average Bonchev–Trinajstić information content (AvgIpc) is 3.08. The molecule has 0 saturated carbocycles. The number of hydrogen-bond acceptors (Lipinski definition) is 3. The van der Waals surface area contributed by atoms with Crippen molar-refractivity contribution in [2.75, 3.05) is 0 Å². The quantitative estimate of drug-likeness (QED) is 0.406. The summed E-state index contributed by atoms with van der Waals surface area (Å²) in [5, 5.41) is 3.19. The molecule has 2 aromatic carbocycles. The molecule has 0 atom stereocenters. The molecule has 0 N–H and O–H groups in total. The lowest BCUT2D eigenvalue weighted by Gasteiger charge is -2.15. The fraction of sp³-hybridized carbons (Fsp3) is 0.182. The highest BCUT2D eigenvalue weighted by molar-refractivity contribution is 7.17. The summed E-state index contributed by atoms with van der Waals surface area (Å²) in [6.07, 6.45) is 0. The van der Waals surface area contributed by atoms with Gasteiger partial charge in [0.25, 0.3) is 5.56 Å². The minimum atomic E-state index is -0.317. The van der Waals surface area contributed by atoms with Crippen molar-refractivity contribution in [3.05, 3.63) is 86.5 Å². The molecular formula is C22H18ClFN2OS. The summed E-state index contributed by atoms with van der Waals surface area (Å²) in [6.45, 7) is 4.29. The molecule has 142 valence electrons. The number of fused-ring (bicyclic) bond motifs is 1. The molecule has 0 unspecified atom stereocenters. The van der Waals surface area contributed by atoms with Crippen molar-refractivity contribution in [1.82, 2.24) is 9.55 Å². The highest BCUT2D eigenvalue weighted by Crippen LogP contribution is 2.32. The van der Waals surface area contributed by atoms with Gasteiger partial charge in [-0.15, -0.1) is 11.3 Å². The Morgan fingerprint density at radius 2 is 1.93 bits per heavy atom. The topological polar surface area (TPSA) is 34.9 Å². The Labute approximate surface area is 171 Å². The fourth-order valence-electron chi connectivity index (χ4n) is 3.29. The van der Waals surface area contributed by atoms with E-state index in [2.05, 4.69) is 0 Å². The van der Waals surface area contributed by atoms with Crippen LogP contribution in [0.5, 0.6) is 0 Å². The van der Waals surface area contributed by atoms with Crippen molar-refractivity contribution in [2.24, 2.45) is 0 Å². The Balaban J connectivity index is 1.93. The fourth-order valence-corrected chi connectivity index (χ4v) is 4.36. The zero-order valence-corrected chi connectivity index (χ0v) is 17.0. The molecule has 2 heterocycles. The predicted octanol–water partition coefficient (Wildman–Crippen LogP) is 6.09. The van der Waals surface area contributed by atoms with Gasteiger partial charge >= 0.3 is 0 Å². The van der Waals surface area contributed by atoms with Gasteiger partial charge in [-0.2, -0.15) is 0 Å². The maximum atomic E-state index is 13.6. The van der Waals surface area contributed by atoms with Crippen LogP contribution in [-0.2, 0) is 6.54 Å². The monoisotopic (exact) mass is 412 g/mol. The van der Waals surface area contributed by atoms with Crippen LogP contribution in [0.15, 0.2) is 58.7 Å². The average molecular weight is 413 g/mol. The Hall–Kier alpha value is -2.50. The lowest BCUT2D eigenvalue weighted by molar-refractivity contribution is 0.612. The van der Waals surface area contributed by atoms with Crippen molar-refractivity contribution in [1.29, 1.82) is 0 Å². The second kappa shape index (κ2) is 7.49. The largest absolute Gasteiger partial charge is 0.291 e. The van der Waals surface area contributed by atoms with Gasteiger partial charge in [0.2, 0.25) is 0 Å². The summed E-state index contributed by atoms with van der Waals surface area (Å²) >= 11 is 7.46. The third-order valence-electron chi connectivity index (χ3n) is 4.62. The Morgan fingerprint density at radius 3 is 2.61 bits per heavy atom. The first-order valence-corrected chi connectivity index (χ1v) is 10.2. The molecule has 0 amide bonds. The van der Waals surface area contributed by atoms with E-state index in [9.17, 15) is 9.18 Å². The normalized spacial score (nSPS) is 11.5. The van der Waals surface area contributed by atoms with Gasteiger partial charge in [0.1, 0.15) is 16.5 Å². The Bertz CT molecular complexity index is 1210. The molecular weight excluding hydrogens is 395 g/mol. The summed E-state index contributed by atoms with van der Waals surface area (Å²) in [5.74, 6) is 0.445. The van der Waals surface area contributed by atoms with Crippen LogP contribution >= 0.6 is 22.9 Å². The first-order valence-electron chi connectivity index (χ1n) is 8.96. The zero-order valence-electron chi connectivity index (χ0n) is 15.4. The SMILES string of the molecule is CC(C)c1nc2scc(-c3ccc(Cl)cc3)c2c(=O)n1Cc1cccc(F)c1. The van der Waals surface area contributed by atoms with E-state index in [1.807, 2.05) is 49.6 Å². The van der Waals surface area contributed by atoms with Crippen LogP contribution in [0, 0.1) is 5.82 Å². The molecule has 0 aliphatic carbocycles. The third kappa shape index (κ3) is 3.48. The van der Waals surface area contributed by atoms with E-state index in [4.69, 9.17) is 16.6 Å². The third-order valence-corrected chi connectivity index (χ3v) is 5.75. The Morgan fingerprint density at radius 1 is 1.18 bits per heavy atom. The highest BCUT2D eigenvalue weighted by atomic mass is 35.5. The maximum absolute atomic E-state index is 13.6. The molecule has 3 nitrogen and oxygen atoms in total. The smallest absolute Gasteiger partial charge is 0.263 e. The van der Waals surface area contributed by atoms with Crippen molar-refractivity contribution >= 4 is 33.2 Å². The molecule has 4 rings (SSSR count). The van der Waals surface area contributed by atoms with E-state index in [1.54, 1.807) is 10.6 Å². The highest BCUT2D eigenvalue weighted by Gasteiger charge is 2.19. The second-order valence-electron chi connectivity index (χ2n) is 6.98. The van der Waals surface area contributed by atoms with Gasteiger partial charge in [-0.05, 0) is 35.4 Å². The summed E-state index contributed by atoms with van der Waals surface area (Å²) in [7, 11) is 0. The molecule has 0 radical (unpaired) electrons. The summed E-state index contributed by atoms with van der Waals surface area (Å²) in [4.78, 5) is 19.0. The summed E-state index contributed by atoms with van der Waals surface area (Å²) < 4.78 is 15.3. The predicted molar refractivity (Wildman–Crippen MR) is 114 cm³/mol. The number of hydrogen-bond donors (Lipinski definition) is 0. The second-order valence-corrected chi connectivity index (χ2v) is 8.28. The summed E-state index contributed by atoms with van der Waals surface area (Å²) in [6, 6.07) is 13.7. The van der Waals surface area contributed by atoms with Crippen molar-refractivity contribution in [2.45, 2.75) is 26.3 Å². The minimum absolute atomic E-state index is 0.0618. The van der Waals surface area contributed by atoms with Crippen molar-refractivity contribution < 1.29 is 4.39 Å². The van der Waals surface area contributed by atoms with Crippen LogP contribution in [0.3, 0.4) is 0 Å². The number of aromatic nitrogens is 2. The Kier molecular flexibility index (Phi) is 5.04. The van der Waals surface area contributed by atoms with Gasteiger partial charge in [-0.1, -0.05) is 49.7 Å². The molecule has 0 bridgehead atoms. The number of rotatable bonds is 4. The van der Waals surface area contributed by atoms with Gasteiger partial charge in [0, 0.05) is 21.9 Å². The van der Waals surface area contributed by atoms with Crippen LogP contribution < -0.4 is 5.56 Å². The van der Waals surface area contributed by atoms with Gasteiger partial charge in [0.15, 0.2) is 0 Å². The number of thiophene rings is 1. The first-order chi connectivity index (χ1) is 13.4. The van der Waals surface area contributed by atoms with Crippen molar-refractivity contribution in [3.8, 4) is 11.1 Å². The maximum Gasteiger partial charge on any atom is 0.263 e.